The van der Waals surface area contributed by atoms with Gasteiger partial charge in [-0.25, -0.2) is 0 Å². The van der Waals surface area contributed by atoms with E-state index < -0.39 is 0 Å². The molecule has 1 saturated heterocycles. The Kier molecular flexibility index (Phi) is 4.34. The highest BCUT2D eigenvalue weighted by Crippen LogP contribution is 2.35. The topological polar surface area (TPSA) is 38.1 Å². The van der Waals surface area contributed by atoms with Crippen LogP contribution in [-0.4, -0.2) is 27.1 Å². The second-order valence-electron chi connectivity index (χ2n) is 6.03. The molecule has 4 nitrogen and oxygen atoms in total. The average Bonchev–Trinajstić information content (AvgIpc) is 3.19. The molecule has 5 heteroatoms. The van der Waals surface area contributed by atoms with Crippen molar-refractivity contribution in [1.82, 2.24) is 14.7 Å². The molecular formula is C17H23N3OS. The quantitative estimate of drug-likeness (QED) is 0.867. The van der Waals surface area contributed by atoms with Crippen LogP contribution in [0.5, 0.6) is 0 Å². The zero-order valence-corrected chi connectivity index (χ0v) is 14.3. The molecule has 118 valence electrons. The Morgan fingerprint density at radius 3 is 2.91 bits per heavy atom. The molecule has 3 heterocycles. The molecule has 1 aliphatic rings. The zero-order valence-electron chi connectivity index (χ0n) is 13.5. The molecule has 0 bridgehead atoms. The molecule has 22 heavy (non-hydrogen) atoms. The third kappa shape index (κ3) is 2.82. The average molecular weight is 317 g/mol. The van der Waals surface area contributed by atoms with Gasteiger partial charge in [-0.05, 0) is 44.6 Å². The van der Waals surface area contributed by atoms with Gasteiger partial charge < -0.3 is 4.90 Å². The van der Waals surface area contributed by atoms with E-state index in [0.29, 0.717) is 6.42 Å². The molecule has 0 spiro atoms. The highest BCUT2D eigenvalue weighted by molar-refractivity contribution is 7.09. The molecule has 0 saturated carbocycles. The van der Waals surface area contributed by atoms with Gasteiger partial charge in [0.05, 0.1) is 11.7 Å². The van der Waals surface area contributed by atoms with Crippen molar-refractivity contribution in [3.05, 3.63) is 39.3 Å². The van der Waals surface area contributed by atoms with Crippen LogP contribution in [0.15, 0.2) is 17.5 Å². The number of hydrogen-bond acceptors (Lipinski definition) is 3. The summed E-state index contributed by atoms with van der Waals surface area (Å²) < 4.78 is 1.93. The van der Waals surface area contributed by atoms with Gasteiger partial charge in [0, 0.05) is 36.1 Å². The lowest BCUT2D eigenvalue weighted by Crippen LogP contribution is -2.31. The van der Waals surface area contributed by atoms with Crippen molar-refractivity contribution >= 4 is 17.2 Å². The van der Waals surface area contributed by atoms with E-state index >= 15 is 0 Å². The van der Waals surface area contributed by atoms with E-state index in [1.807, 2.05) is 17.8 Å². The SMILES string of the molecule is Cc1nn(C)c(C)c1[C@@H]1CCCN1C(=O)CCc1cccs1. The van der Waals surface area contributed by atoms with Gasteiger partial charge in [0.1, 0.15) is 0 Å². The van der Waals surface area contributed by atoms with Crippen molar-refractivity contribution in [3.63, 3.8) is 0 Å². The second kappa shape index (κ2) is 6.24. The first-order valence-corrected chi connectivity index (χ1v) is 8.78. The molecule has 0 aliphatic carbocycles. The summed E-state index contributed by atoms with van der Waals surface area (Å²) in [5.74, 6) is 0.276. The molecule has 0 aromatic carbocycles. The van der Waals surface area contributed by atoms with Crippen LogP contribution in [-0.2, 0) is 18.3 Å². The van der Waals surface area contributed by atoms with E-state index in [1.165, 1.54) is 16.1 Å². The van der Waals surface area contributed by atoms with E-state index in [-0.39, 0.29) is 11.9 Å². The molecule has 3 rings (SSSR count). The standard InChI is InChI=1S/C17H23N3OS/c1-12-17(13(2)19(3)18-12)15-7-4-10-20(15)16(21)9-8-14-6-5-11-22-14/h5-6,11,15H,4,7-10H2,1-3H3/t15-/m0/s1. The minimum Gasteiger partial charge on any atom is -0.336 e. The maximum Gasteiger partial charge on any atom is 0.223 e. The van der Waals surface area contributed by atoms with E-state index in [2.05, 4.69) is 35.3 Å². The number of hydrogen-bond donors (Lipinski definition) is 0. The van der Waals surface area contributed by atoms with Crippen LogP contribution in [0, 0.1) is 13.8 Å². The van der Waals surface area contributed by atoms with Crippen LogP contribution in [0.3, 0.4) is 0 Å². The van der Waals surface area contributed by atoms with Gasteiger partial charge in [0.15, 0.2) is 0 Å². The van der Waals surface area contributed by atoms with Crippen molar-refractivity contribution in [3.8, 4) is 0 Å². The van der Waals surface area contributed by atoms with Gasteiger partial charge in [-0.2, -0.15) is 5.10 Å². The minimum atomic E-state index is 0.213. The van der Waals surface area contributed by atoms with Crippen LogP contribution >= 0.6 is 11.3 Å². The maximum atomic E-state index is 12.7. The number of amides is 1. The highest BCUT2D eigenvalue weighted by atomic mass is 32.1. The van der Waals surface area contributed by atoms with Crippen molar-refractivity contribution in [2.75, 3.05) is 6.54 Å². The number of aryl methyl sites for hydroxylation is 3. The maximum absolute atomic E-state index is 12.7. The Morgan fingerprint density at radius 1 is 1.45 bits per heavy atom. The fraction of sp³-hybridized carbons (Fsp3) is 0.529. The summed E-state index contributed by atoms with van der Waals surface area (Å²) in [4.78, 5) is 16.0. The van der Waals surface area contributed by atoms with Crippen LogP contribution in [0.25, 0.3) is 0 Å². The highest BCUT2D eigenvalue weighted by Gasteiger charge is 2.33. The Bertz CT molecular complexity index is 660. The molecule has 1 atom stereocenters. The molecule has 1 aliphatic heterocycles. The summed E-state index contributed by atoms with van der Waals surface area (Å²) in [6.45, 7) is 5.03. The Morgan fingerprint density at radius 2 is 2.27 bits per heavy atom. The summed E-state index contributed by atoms with van der Waals surface area (Å²) in [6, 6.07) is 4.37. The van der Waals surface area contributed by atoms with E-state index in [4.69, 9.17) is 0 Å². The first-order chi connectivity index (χ1) is 10.6. The number of thiophene rings is 1. The summed E-state index contributed by atoms with van der Waals surface area (Å²) in [7, 11) is 1.98. The number of aromatic nitrogens is 2. The Hall–Kier alpha value is -1.62. The first kappa shape index (κ1) is 15.3. The number of rotatable bonds is 4. The summed E-state index contributed by atoms with van der Waals surface area (Å²) >= 11 is 1.73. The first-order valence-electron chi connectivity index (χ1n) is 7.90. The lowest BCUT2D eigenvalue weighted by atomic mass is 10.0. The normalized spacial score (nSPS) is 18.1. The molecule has 1 fully saturated rings. The van der Waals surface area contributed by atoms with Crippen LogP contribution in [0.1, 0.15) is 47.1 Å². The number of carbonyl (C=O) groups is 1. The third-order valence-corrected chi connectivity index (χ3v) is 5.57. The molecule has 0 N–H and O–H groups in total. The summed E-state index contributed by atoms with van der Waals surface area (Å²) in [5, 5.41) is 6.59. The fourth-order valence-electron chi connectivity index (χ4n) is 3.47. The predicted octanol–water partition coefficient (Wildman–Crippen LogP) is 3.39. The molecule has 0 radical (unpaired) electrons. The summed E-state index contributed by atoms with van der Waals surface area (Å²) in [6.07, 6.45) is 3.60. The number of carbonyl (C=O) groups excluding carboxylic acids is 1. The third-order valence-electron chi connectivity index (χ3n) is 4.64. The molecule has 0 unspecified atom stereocenters. The van der Waals surface area contributed by atoms with Crippen LogP contribution < -0.4 is 0 Å². The zero-order chi connectivity index (χ0) is 15.7. The number of nitrogens with zero attached hydrogens (tertiary/aromatic N) is 3. The van der Waals surface area contributed by atoms with Crippen LogP contribution in [0.2, 0.25) is 0 Å². The number of likely N-dealkylation sites (tertiary alicyclic amines) is 1. The minimum absolute atomic E-state index is 0.213. The Labute approximate surface area is 135 Å². The fourth-order valence-corrected chi connectivity index (χ4v) is 4.18. The van der Waals surface area contributed by atoms with E-state index in [9.17, 15) is 4.79 Å². The van der Waals surface area contributed by atoms with Crippen LogP contribution in [0.4, 0.5) is 0 Å². The van der Waals surface area contributed by atoms with Crippen molar-refractivity contribution in [2.45, 2.75) is 45.6 Å². The van der Waals surface area contributed by atoms with Gasteiger partial charge in [-0.15, -0.1) is 11.3 Å². The molecule has 1 amide bonds. The lowest BCUT2D eigenvalue weighted by Gasteiger charge is -2.25. The van der Waals surface area contributed by atoms with E-state index in [0.717, 1.165) is 31.5 Å². The molecular weight excluding hydrogens is 294 g/mol. The van der Waals surface area contributed by atoms with Crippen molar-refractivity contribution in [2.24, 2.45) is 7.05 Å². The monoisotopic (exact) mass is 317 g/mol. The van der Waals surface area contributed by atoms with Gasteiger partial charge in [-0.1, -0.05) is 6.07 Å². The van der Waals surface area contributed by atoms with Gasteiger partial charge >= 0.3 is 0 Å². The van der Waals surface area contributed by atoms with Gasteiger partial charge in [0.2, 0.25) is 5.91 Å². The second-order valence-corrected chi connectivity index (χ2v) is 7.06. The molecule has 2 aromatic rings. The van der Waals surface area contributed by atoms with Gasteiger partial charge in [-0.3, -0.25) is 9.48 Å². The van der Waals surface area contributed by atoms with E-state index in [1.54, 1.807) is 11.3 Å². The molecule has 2 aromatic heterocycles. The largest absolute Gasteiger partial charge is 0.336 e. The van der Waals surface area contributed by atoms with Gasteiger partial charge in [0.25, 0.3) is 0 Å². The predicted molar refractivity (Wildman–Crippen MR) is 89.0 cm³/mol. The van der Waals surface area contributed by atoms with Crippen molar-refractivity contribution < 1.29 is 4.79 Å². The van der Waals surface area contributed by atoms with Crippen molar-refractivity contribution in [1.29, 1.82) is 0 Å². The smallest absolute Gasteiger partial charge is 0.223 e. The Balaban J connectivity index is 1.73. The lowest BCUT2D eigenvalue weighted by molar-refractivity contribution is -0.132. The summed E-state index contributed by atoms with van der Waals surface area (Å²) in [5.41, 5.74) is 3.49.